The fourth-order valence-electron chi connectivity index (χ4n) is 3.34. The monoisotopic (exact) mass is 290 g/mol. The maximum atomic E-state index is 2.38. The quantitative estimate of drug-likeness (QED) is 0.569. The molecule has 0 amide bonds. The van der Waals surface area contributed by atoms with Gasteiger partial charge >= 0.3 is 0 Å². The molecule has 22 heavy (non-hydrogen) atoms. The van der Waals surface area contributed by atoms with Gasteiger partial charge in [0.15, 0.2) is 0 Å². The van der Waals surface area contributed by atoms with Crippen LogP contribution in [0.1, 0.15) is 60.8 Å². The van der Waals surface area contributed by atoms with Crippen molar-refractivity contribution in [1.29, 1.82) is 0 Å². The van der Waals surface area contributed by atoms with Crippen LogP contribution in [0.15, 0.2) is 48.5 Å². The Hall–Kier alpha value is -1.82. The van der Waals surface area contributed by atoms with Crippen molar-refractivity contribution in [3.63, 3.8) is 0 Å². The van der Waals surface area contributed by atoms with Crippen LogP contribution in [-0.4, -0.2) is 0 Å². The summed E-state index contributed by atoms with van der Waals surface area (Å²) >= 11 is 0. The Morgan fingerprint density at radius 1 is 0.727 bits per heavy atom. The second-order valence-electron chi connectivity index (χ2n) is 6.87. The lowest BCUT2D eigenvalue weighted by Gasteiger charge is -2.26. The van der Waals surface area contributed by atoms with Gasteiger partial charge in [-0.1, -0.05) is 86.0 Å². The first-order chi connectivity index (χ1) is 10.7. The summed E-state index contributed by atoms with van der Waals surface area (Å²) in [5.41, 5.74) is 5.38. The minimum atomic E-state index is 0.784. The molecule has 1 aliphatic carbocycles. The smallest absolute Gasteiger partial charge is 0.0162 e. The molecule has 0 saturated heterocycles. The second-order valence-corrected chi connectivity index (χ2v) is 6.87. The van der Waals surface area contributed by atoms with E-state index in [4.69, 9.17) is 0 Å². The van der Waals surface area contributed by atoms with Gasteiger partial charge in [-0.25, -0.2) is 0 Å². The molecule has 3 rings (SSSR count). The van der Waals surface area contributed by atoms with Gasteiger partial charge in [-0.3, -0.25) is 0 Å². The predicted octanol–water partition coefficient (Wildman–Crippen LogP) is 6.46. The van der Waals surface area contributed by atoms with Crippen LogP contribution >= 0.6 is 0 Å². The van der Waals surface area contributed by atoms with E-state index in [-0.39, 0.29) is 0 Å². The van der Waals surface area contributed by atoms with Gasteiger partial charge in [0.1, 0.15) is 0 Å². The molecule has 0 aromatic heterocycles. The van der Waals surface area contributed by atoms with Crippen molar-refractivity contribution in [1.82, 2.24) is 0 Å². The van der Waals surface area contributed by atoms with Crippen LogP contribution in [0.25, 0.3) is 12.2 Å². The Kier molecular flexibility index (Phi) is 4.77. The van der Waals surface area contributed by atoms with Gasteiger partial charge in [-0.15, -0.1) is 0 Å². The third-order valence-corrected chi connectivity index (χ3v) is 4.97. The summed E-state index contributed by atoms with van der Waals surface area (Å²) in [6, 6.07) is 17.8. The molecule has 2 aromatic rings. The number of hydrogen-bond donors (Lipinski definition) is 0. The zero-order chi connectivity index (χ0) is 15.4. The normalized spacial score (nSPS) is 22.1. The molecule has 2 aromatic carbocycles. The summed E-state index contributed by atoms with van der Waals surface area (Å²) < 4.78 is 0. The average molecular weight is 290 g/mol. The van der Waals surface area contributed by atoms with Gasteiger partial charge in [0, 0.05) is 0 Å². The molecule has 1 aliphatic rings. The Bertz CT molecular complexity index is 608. The first kappa shape index (κ1) is 15.1. The molecule has 0 aliphatic heterocycles. The summed E-state index contributed by atoms with van der Waals surface area (Å²) in [6.07, 6.45) is 9.90. The van der Waals surface area contributed by atoms with Gasteiger partial charge in [-0.05, 0) is 48.3 Å². The third-order valence-electron chi connectivity index (χ3n) is 4.97. The predicted molar refractivity (Wildman–Crippen MR) is 96.9 cm³/mol. The number of rotatable bonds is 3. The molecule has 0 N–H and O–H groups in total. The lowest BCUT2D eigenvalue weighted by atomic mass is 9.79. The summed E-state index contributed by atoms with van der Waals surface area (Å²) in [6.45, 7) is 4.51. The van der Waals surface area contributed by atoms with Gasteiger partial charge in [0.2, 0.25) is 0 Å². The molecular weight excluding hydrogens is 264 g/mol. The maximum absolute atomic E-state index is 2.38. The maximum Gasteiger partial charge on any atom is -0.0162 e. The lowest BCUT2D eigenvalue weighted by molar-refractivity contribution is 0.348. The van der Waals surface area contributed by atoms with E-state index in [2.05, 4.69) is 74.5 Å². The second kappa shape index (κ2) is 6.96. The van der Waals surface area contributed by atoms with E-state index in [1.54, 1.807) is 0 Å². The first-order valence-electron chi connectivity index (χ1n) is 8.55. The minimum absolute atomic E-state index is 0.784. The Balaban J connectivity index is 1.65. The van der Waals surface area contributed by atoms with E-state index in [0.717, 1.165) is 11.8 Å². The van der Waals surface area contributed by atoms with Gasteiger partial charge < -0.3 is 0 Å². The van der Waals surface area contributed by atoms with Crippen molar-refractivity contribution in [3.8, 4) is 0 Å². The lowest BCUT2D eigenvalue weighted by Crippen LogP contribution is -2.10. The zero-order valence-electron chi connectivity index (χ0n) is 13.8. The van der Waals surface area contributed by atoms with Crippen molar-refractivity contribution < 1.29 is 0 Å². The van der Waals surface area contributed by atoms with Crippen LogP contribution in [-0.2, 0) is 0 Å². The van der Waals surface area contributed by atoms with Crippen LogP contribution in [0.4, 0.5) is 0 Å². The molecular formula is C22H26. The van der Waals surface area contributed by atoms with Gasteiger partial charge in [0.05, 0.1) is 0 Å². The molecule has 0 nitrogen and oxygen atoms in total. The minimum Gasteiger partial charge on any atom is -0.0625 e. The number of hydrogen-bond acceptors (Lipinski definition) is 0. The van der Waals surface area contributed by atoms with Crippen LogP contribution < -0.4 is 0 Å². The molecule has 0 heteroatoms. The average Bonchev–Trinajstić information content (AvgIpc) is 2.56. The van der Waals surface area contributed by atoms with Crippen molar-refractivity contribution >= 4 is 12.2 Å². The summed E-state index contributed by atoms with van der Waals surface area (Å²) in [5, 5.41) is 0. The van der Waals surface area contributed by atoms with E-state index in [0.29, 0.717) is 0 Å². The molecule has 114 valence electrons. The number of benzene rings is 2. The summed E-state index contributed by atoms with van der Waals surface area (Å²) in [4.78, 5) is 0. The first-order valence-corrected chi connectivity index (χ1v) is 8.55. The Morgan fingerprint density at radius 2 is 1.23 bits per heavy atom. The Morgan fingerprint density at radius 3 is 1.77 bits per heavy atom. The van der Waals surface area contributed by atoms with Crippen molar-refractivity contribution in [3.05, 3.63) is 70.8 Å². The zero-order valence-corrected chi connectivity index (χ0v) is 13.8. The van der Waals surface area contributed by atoms with E-state index in [9.17, 15) is 0 Å². The van der Waals surface area contributed by atoms with Gasteiger partial charge in [-0.2, -0.15) is 0 Å². The standard InChI is InChI=1S/C22H26/c1-17-3-7-19(8-4-17)9-10-20-11-15-22(16-12-20)21-13-5-18(2)6-14-21/h3-4,7-12,15-16,18,21H,5-6,13-14H2,1-2H3/b10-9+. The van der Waals surface area contributed by atoms with Crippen LogP contribution in [0.5, 0.6) is 0 Å². The third kappa shape index (κ3) is 3.88. The molecule has 0 bridgehead atoms. The van der Waals surface area contributed by atoms with Crippen molar-refractivity contribution in [2.24, 2.45) is 5.92 Å². The highest BCUT2D eigenvalue weighted by atomic mass is 14.2. The highest BCUT2D eigenvalue weighted by Gasteiger charge is 2.19. The topological polar surface area (TPSA) is 0 Å². The molecule has 0 atom stereocenters. The molecule has 0 heterocycles. The Labute approximate surface area is 134 Å². The molecule has 0 radical (unpaired) electrons. The SMILES string of the molecule is Cc1ccc(/C=C/c2ccc(C3CCC(C)CC3)cc2)cc1. The highest BCUT2D eigenvalue weighted by molar-refractivity contribution is 5.69. The summed E-state index contributed by atoms with van der Waals surface area (Å²) in [5.74, 6) is 1.71. The van der Waals surface area contributed by atoms with E-state index < -0.39 is 0 Å². The molecule has 0 spiro atoms. The fourth-order valence-corrected chi connectivity index (χ4v) is 3.34. The van der Waals surface area contributed by atoms with E-state index in [1.807, 2.05) is 0 Å². The fraction of sp³-hybridized carbons (Fsp3) is 0.364. The van der Waals surface area contributed by atoms with Crippen molar-refractivity contribution in [2.45, 2.75) is 45.4 Å². The number of aryl methyl sites for hydroxylation is 1. The molecule has 0 unspecified atom stereocenters. The van der Waals surface area contributed by atoms with Crippen LogP contribution in [0.2, 0.25) is 0 Å². The highest BCUT2D eigenvalue weighted by Crippen LogP contribution is 2.35. The summed E-state index contributed by atoms with van der Waals surface area (Å²) in [7, 11) is 0. The van der Waals surface area contributed by atoms with E-state index in [1.165, 1.54) is 47.9 Å². The van der Waals surface area contributed by atoms with Crippen molar-refractivity contribution in [2.75, 3.05) is 0 Å². The van der Waals surface area contributed by atoms with Crippen LogP contribution in [0, 0.1) is 12.8 Å². The van der Waals surface area contributed by atoms with Crippen LogP contribution in [0.3, 0.4) is 0 Å². The van der Waals surface area contributed by atoms with E-state index >= 15 is 0 Å². The molecule has 1 saturated carbocycles. The largest absolute Gasteiger partial charge is 0.0625 e. The molecule has 1 fully saturated rings. The van der Waals surface area contributed by atoms with Gasteiger partial charge in [0.25, 0.3) is 0 Å².